The van der Waals surface area contributed by atoms with Crippen LogP contribution in [-0.4, -0.2) is 14.5 Å². The summed E-state index contributed by atoms with van der Waals surface area (Å²) in [5.41, 5.74) is 8.08. The van der Waals surface area contributed by atoms with Gasteiger partial charge in [-0.05, 0) is 62.8 Å². The van der Waals surface area contributed by atoms with E-state index in [1.807, 2.05) is 20.8 Å². The Balaban J connectivity index is 2.92. The van der Waals surface area contributed by atoms with Crippen molar-refractivity contribution in [2.24, 2.45) is 5.92 Å². The van der Waals surface area contributed by atoms with Gasteiger partial charge in [0.2, 0.25) is 10.0 Å². The fraction of sp³-hybridized carbons (Fsp3) is 0.600. The number of sulfonamides is 1. The van der Waals surface area contributed by atoms with Crippen LogP contribution in [0, 0.1) is 19.8 Å². The number of nitrogens with two attached hydrogens (primary N) is 1. The smallest absolute Gasteiger partial charge is 0.242 e. The predicted molar refractivity (Wildman–Crippen MR) is 84.2 cm³/mol. The maximum atomic E-state index is 12.4. The Morgan fingerprint density at radius 2 is 1.65 bits per heavy atom. The van der Waals surface area contributed by atoms with E-state index < -0.39 is 10.0 Å². The highest BCUT2D eigenvalue weighted by atomic mass is 32.2. The van der Waals surface area contributed by atoms with Crippen molar-refractivity contribution in [1.29, 1.82) is 0 Å². The number of nitrogens with one attached hydrogen (secondary N) is 1. The predicted octanol–water partition coefficient (Wildman–Crippen LogP) is 2.99. The van der Waals surface area contributed by atoms with Gasteiger partial charge in [-0.15, -0.1) is 0 Å². The highest BCUT2D eigenvalue weighted by Gasteiger charge is 2.20. The molecule has 0 aromatic heterocycles. The van der Waals surface area contributed by atoms with Gasteiger partial charge in [0.1, 0.15) is 4.90 Å². The summed E-state index contributed by atoms with van der Waals surface area (Å²) in [6.45, 7) is 9.94. The molecule has 0 saturated carbocycles. The minimum Gasteiger partial charge on any atom is -0.398 e. The van der Waals surface area contributed by atoms with Gasteiger partial charge in [-0.25, -0.2) is 13.1 Å². The zero-order valence-electron chi connectivity index (χ0n) is 13.0. The lowest BCUT2D eigenvalue weighted by molar-refractivity contribution is 0.485. The quantitative estimate of drug-likeness (QED) is 0.793. The number of rotatable bonds is 6. The Bertz CT molecular complexity index is 565. The molecule has 3 N–H and O–H groups in total. The Morgan fingerprint density at radius 3 is 2.20 bits per heavy atom. The van der Waals surface area contributed by atoms with Crippen molar-refractivity contribution in [1.82, 2.24) is 4.72 Å². The first-order chi connectivity index (χ1) is 9.13. The summed E-state index contributed by atoms with van der Waals surface area (Å²) < 4.78 is 27.5. The number of nitrogen functional groups attached to an aromatic ring is 1. The van der Waals surface area contributed by atoms with Crippen molar-refractivity contribution in [2.75, 3.05) is 5.73 Å². The maximum absolute atomic E-state index is 12.4. The van der Waals surface area contributed by atoms with Crippen LogP contribution in [0.2, 0.25) is 0 Å². The molecule has 114 valence electrons. The molecule has 1 aromatic carbocycles. The van der Waals surface area contributed by atoms with Crippen molar-refractivity contribution in [3.8, 4) is 0 Å². The second-order valence-corrected chi connectivity index (χ2v) is 7.65. The second-order valence-electron chi connectivity index (χ2n) is 5.97. The van der Waals surface area contributed by atoms with Gasteiger partial charge >= 0.3 is 0 Å². The van der Waals surface area contributed by atoms with Crippen molar-refractivity contribution < 1.29 is 8.42 Å². The van der Waals surface area contributed by atoms with E-state index in [1.54, 1.807) is 12.1 Å². The molecule has 1 atom stereocenters. The summed E-state index contributed by atoms with van der Waals surface area (Å²) in [5.74, 6) is 0.564. The second kappa shape index (κ2) is 6.59. The molecule has 0 amide bonds. The largest absolute Gasteiger partial charge is 0.398 e. The molecule has 0 bridgehead atoms. The van der Waals surface area contributed by atoms with Crippen LogP contribution in [0.5, 0.6) is 0 Å². The average molecular weight is 298 g/mol. The number of hydrogen-bond acceptors (Lipinski definition) is 3. The van der Waals surface area contributed by atoms with Gasteiger partial charge in [0.05, 0.1) is 5.69 Å². The standard InChI is InChI=1S/C15H26N2O2S/c1-10(2)6-7-13(5)17-20(18,19)15-9-12(4)11(3)8-14(15)16/h8-10,13,17H,6-7,16H2,1-5H3. The van der Waals surface area contributed by atoms with Gasteiger partial charge in [0.15, 0.2) is 0 Å². The Hall–Kier alpha value is -1.07. The van der Waals surface area contributed by atoms with Crippen LogP contribution >= 0.6 is 0 Å². The van der Waals surface area contributed by atoms with Crippen LogP contribution in [0.15, 0.2) is 17.0 Å². The molecule has 4 nitrogen and oxygen atoms in total. The lowest BCUT2D eigenvalue weighted by Crippen LogP contribution is -2.33. The monoisotopic (exact) mass is 298 g/mol. The Kier molecular flexibility index (Phi) is 5.59. The molecule has 1 aromatic rings. The molecule has 0 saturated heterocycles. The fourth-order valence-corrected chi connectivity index (χ4v) is 3.49. The van der Waals surface area contributed by atoms with Crippen LogP contribution in [0.25, 0.3) is 0 Å². The van der Waals surface area contributed by atoms with E-state index in [4.69, 9.17) is 5.73 Å². The minimum absolute atomic E-state index is 0.0941. The molecular weight excluding hydrogens is 272 g/mol. The number of benzene rings is 1. The summed E-state index contributed by atoms with van der Waals surface area (Å²) in [6, 6.07) is 3.26. The lowest BCUT2D eigenvalue weighted by Gasteiger charge is -2.17. The van der Waals surface area contributed by atoms with Crippen LogP contribution in [-0.2, 0) is 10.0 Å². The number of anilines is 1. The lowest BCUT2D eigenvalue weighted by atomic mass is 10.1. The third-order valence-corrected chi connectivity index (χ3v) is 5.09. The van der Waals surface area contributed by atoms with Crippen LogP contribution < -0.4 is 10.5 Å². The fourth-order valence-electron chi connectivity index (χ4n) is 2.02. The Labute approximate surface area is 122 Å². The molecule has 0 aliphatic rings. The molecule has 1 rings (SSSR count). The number of aryl methyl sites for hydroxylation is 2. The maximum Gasteiger partial charge on any atom is 0.242 e. The highest BCUT2D eigenvalue weighted by Crippen LogP contribution is 2.23. The minimum atomic E-state index is -3.55. The topological polar surface area (TPSA) is 72.2 Å². The molecule has 0 fully saturated rings. The van der Waals surface area contributed by atoms with Gasteiger partial charge < -0.3 is 5.73 Å². The molecule has 0 aliphatic carbocycles. The van der Waals surface area contributed by atoms with Crippen LogP contribution in [0.1, 0.15) is 44.7 Å². The third kappa shape index (κ3) is 4.49. The Morgan fingerprint density at radius 1 is 1.10 bits per heavy atom. The molecule has 1 unspecified atom stereocenters. The summed E-state index contributed by atoms with van der Waals surface area (Å²) in [5, 5.41) is 0. The van der Waals surface area contributed by atoms with Gasteiger partial charge in [0, 0.05) is 6.04 Å². The van der Waals surface area contributed by atoms with E-state index in [0.29, 0.717) is 11.6 Å². The zero-order valence-corrected chi connectivity index (χ0v) is 13.8. The molecular formula is C15H26N2O2S. The summed E-state index contributed by atoms with van der Waals surface area (Å²) in [7, 11) is -3.55. The molecule has 5 heteroatoms. The van der Waals surface area contributed by atoms with Gasteiger partial charge in [0.25, 0.3) is 0 Å². The first-order valence-electron chi connectivity index (χ1n) is 7.02. The van der Waals surface area contributed by atoms with Crippen molar-refractivity contribution in [3.05, 3.63) is 23.3 Å². The van der Waals surface area contributed by atoms with Crippen LogP contribution in [0.4, 0.5) is 5.69 Å². The van der Waals surface area contributed by atoms with Crippen molar-refractivity contribution in [3.63, 3.8) is 0 Å². The molecule has 20 heavy (non-hydrogen) atoms. The first-order valence-corrected chi connectivity index (χ1v) is 8.51. The van der Waals surface area contributed by atoms with E-state index in [0.717, 1.165) is 24.0 Å². The van der Waals surface area contributed by atoms with E-state index in [-0.39, 0.29) is 10.9 Å². The van der Waals surface area contributed by atoms with E-state index >= 15 is 0 Å². The molecule has 0 aliphatic heterocycles. The van der Waals surface area contributed by atoms with E-state index in [9.17, 15) is 8.42 Å². The number of hydrogen-bond donors (Lipinski definition) is 2. The van der Waals surface area contributed by atoms with Gasteiger partial charge in [-0.1, -0.05) is 13.8 Å². The summed E-state index contributed by atoms with van der Waals surface area (Å²) >= 11 is 0. The SMILES string of the molecule is Cc1cc(N)c(S(=O)(=O)NC(C)CCC(C)C)cc1C. The van der Waals surface area contributed by atoms with Crippen molar-refractivity contribution >= 4 is 15.7 Å². The molecule has 0 heterocycles. The first kappa shape index (κ1) is 17.0. The van der Waals surface area contributed by atoms with Gasteiger partial charge in [-0.3, -0.25) is 0 Å². The summed E-state index contributed by atoms with van der Waals surface area (Å²) in [6.07, 6.45) is 1.81. The van der Waals surface area contributed by atoms with Crippen LogP contribution in [0.3, 0.4) is 0 Å². The highest BCUT2D eigenvalue weighted by molar-refractivity contribution is 7.89. The van der Waals surface area contributed by atoms with Gasteiger partial charge in [-0.2, -0.15) is 0 Å². The summed E-state index contributed by atoms with van der Waals surface area (Å²) in [4.78, 5) is 0.178. The zero-order chi connectivity index (χ0) is 15.5. The molecule has 0 radical (unpaired) electrons. The van der Waals surface area contributed by atoms with E-state index in [1.165, 1.54) is 0 Å². The average Bonchev–Trinajstić information content (AvgIpc) is 2.30. The normalized spacial score (nSPS) is 13.7. The van der Waals surface area contributed by atoms with Crippen molar-refractivity contribution in [2.45, 2.75) is 58.4 Å². The third-order valence-electron chi connectivity index (χ3n) is 3.45. The molecule has 0 spiro atoms. The van der Waals surface area contributed by atoms with E-state index in [2.05, 4.69) is 18.6 Å².